The molecule has 2 rings (SSSR count). The van der Waals surface area contributed by atoms with Gasteiger partial charge in [-0.15, -0.1) is 0 Å². The molecule has 1 aliphatic carbocycles. The number of hydrogen-bond donors (Lipinski definition) is 0. The third kappa shape index (κ3) is 2.15. The first-order chi connectivity index (χ1) is 6.66. The van der Waals surface area contributed by atoms with Crippen LogP contribution in [0.2, 0.25) is 0 Å². The SMILES string of the molecule is CC(=O)c1ccc(OC2CC2)c(Br)c1. The third-order valence-corrected chi connectivity index (χ3v) is 2.78. The Morgan fingerprint density at radius 2 is 2.21 bits per heavy atom. The summed E-state index contributed by atoms with van der Waals surface area (Å²) >= 11 is 3.39. The monoisotopic (exact) mass is 254 g/mol. The lowest BCUT2D eigenvalue weighted by atomic mass is 10.1. The quantitative estimate of drug-likeness (QED) is 0.775. The van der Waals surface area contributed by atoms with Crippen LogP contribution in [0.4, 0.5) is 0 Å². The van der Waals surface area contributed by atoms with Gasteiger partial charge in [-0.3, -0.25) is 4.79 Å². The molecule has 1 fully saturated rings. The van der Waals surface area contributed by atoms with Crippen molar-refractivity contribution in [3.05, 3.63) is 28.2 Å². The Labute approximate surface area is 91.4 Å². The molecule has 0 amide bonds. The predicted molar refractivity (Wildman–Crippen MR) is 57.8 cm³/mol. The number of carbonyl (C=O) groups is 1. The van der Waals surface area contributed by atoms with Crippen LogP contribution in [0.5, 0.6) is 5.75 Å². The lowest BCUT2D eigenvalue weighted by Gasteiger charge is -2.07. The first-order valence-corrected chi connectivity index (χ1v) is 5.43. The van der Waals surface area contributed by atoms with Crippen molar-refractivity contribution in [1.82, 2.24) is 0 Å². The van der Waals surface area contributed by atoms with Crippen molar-refractivity contribution < 1.29 is 9.53 Å². The molecule has 0 atom stereocenters. The second-order valence-corrected chi connectivity index (χ2v) is 4.37. The summed E-state index contributed by atoms with van der Waals surface area (Å²) < 4.78 is 6.49. The zero-order valence-corrected chi connectivity index (χ0v) is 9.50. The number of benzene rings is 1. The van der Waals surface area contributed by atoms with Gasteiger partial charge in [-0.2, -0.15) is 0 Å². The number of rotatable bonds is 3. The van der Waals surface area contributed by atoms with E-state index in [0.29, 0.717) is 11.7 Å². The number of carbonyl (C=O) groups excluding carboxylic acids is 1. The molecule has 0 N–H and O–H groups in total. The van der Waals surface area contributed by atoms with Gasteiger partial charge >= 0.3 is 0 Å². The fourth-order valence-corrected chi connectivity index (χ4v) is 1.65. The van der Waals surface area contributed by atoms with Crippen LogP contribution in [0.15, 0.2) is 22.7 Å². The summed E-state index contributed by atoms with van der Waals surface area (Å²) in [6.45, 7) is 1.56. The van der Waals surface area contributed by atoms with E-state index >= 15 is 0 Å². The van der Waals surface area contributed by atoms with Crippen LogP contribution >= 0.6 is 15.9 Å². The summed E-state index contributed by atoms with van der Waals surface area (Å²) in [5.41, 5.74) is 0.708. The zero-order valence-electron chi connectivity index (χ0n) is 7.92. The summed E-state index contributed by atoms with van der Waals surface area (Å²) in [6.07, 6.45) is 2.66. The molecule has 3 heteroatoms. The predicted octanol–water partition coefficient (Wildman–Crippen LogP) is 3.19. The molecule has 2 nitrogen and oxygen atoms in total. The van der Waals surface area contributed by atoms with Crippen LogP contribution in [0, 0.1) is 0 Å². The largest absolute Gasteiger partial charge is 0.489 e. The lowest BCUT2D eigenvalue weighted by Crippen LogP contribution is -1.98. The minimum absolute atomic E-state index is 0.0728. The molecule has 14 heavy (non-hydrogen) atoms. The third-order valence-electron chi connectivity index (χ3n) is 2.16. The van der Waals surface area contributed by atoms with Gasteiger partial charge in [0.2, 0.25) is 0 Å². The zero-order chi connectivity index (χ0) is 10.1. The smallest absolute Gasteiger partial charge is 0.159 e. The molecular weight excluding hydrogens is 244 g/mol. The number of ketones is 1. The van der Waals surface area contributed by atoms with Gasteiger partial charge in [0.15, 0.2) is 5.78 Å². The molecule has 0 unspecified atom stereocenters. The summed E-state index contributed by atoms with van der Waals surface area (Å²) in [5.74, 6) is 0.904. The van der Waals surface area contributed by atoms with E-state index in [0.717, 1.165) is 23.1 Å². The van der Waals surface area contributed by atoms with Crippen molar-refractivity contribution in [1.29, 1.82) is 0 Å². The van der Waals surface area contributed by atoms with E-state index in [1.54, 1.807) is 19.1 Å². The highest BCUT2D eigenvalue weighted by Crippen LogP contribution is 2.32. The van der Waals surface area contributed by atoms with Gasteiger partial charge in [0.1, 0.15) is 5.75 Å². The number of halogens is 1. The van der Waals surface area contributed by atoms with Gasteiger partial charge in [0.25, 0.3) is 0 Å². The second-order valence-electron chi connectivity index (χ2n) is 3.52. The first-order valence-electron chi connectivity index (χ1n) is 4.64. The Morgan fingerprint density at radius 1 is 1.50 bits per heavy atom. The molecule has 1 aromatic carbocycles. The molecule has 0 aromatic heterocycles. The minimum Gasteiger partial charge on any atom is -0.489 e. The number of ether oxygens (including phenoxy) is 1. The molecule has 0 spiro atoms. The van der Waals surface area contributed by atoms with Gasteiger partial charge in [0.05, 0.1) is 10.6 Å². The number of Topliss-reactive ketones (excluding diaryl/α,β-unsaturated/α-hetero) is 1. The Kier molecular flexibility index (Phi) is 2.59. The maximum atomic E-state index is 11.1. The highest BCUT2D eigenvalue weighted by atomic mass is 79.9. The lowest BCUT2D eigenvalue weighted by molar-refractivity contribution is 0.101. The van der Waals surface area contributed by atoms with Gasteiger partial charge in [-0.05, 0) is 53.9 Å². The molecule has 0 radical (unpaired) electrons. The molecule has 1 aromatic rings. The van der Waals surface area contributed by atoms with Crippen LogP contribution in [-0.4, -0.2) is 11.9 Å². The Balaban J connectivity index is 2.21. The summed E-state index contributed by atoms with van der Waals surface area (Å²) in [7, 11) is 0. The summed E-state index contributed by atoms with van der Waals surface area (Å²) in [6, 6.07) is 5.45. The maximum Gasteiger partial charge on any atom is 0.159 e. The van der Waals surface area contributed by atoms with Crippen molar-refractivity contribution in [2.24, 2.45) is 0 Å². The van der Waals surface area contributed by atoms with E-state index in [1.807, 2.05) is 6.07 Å². The number of hydrogen-bond acceptors (Lipinski definition) is 2. The highest BCUT2D eigenvalue weighted by molar-refractivity contribution is 9.10. The fraction of sp³-hybridized carbons (Fsp3) is 0.364. The van der Waals surface area contributed by atoms with Crippen molar-refractivity contribution >= 4 is 21.7 Å². The van der Waals surface area contributed by atoms with Crippen LogP contribution in [0.1, 0.15) is 30.1 Å². The maximum absolute atomic E-state index is 11.1. The van der Waals surface area contributed by atoms with Crippen molar-refractivity contribution in [2.45, 2.75) is 25.9 Å². The van der Waals surface area contributed by atoms with Crippen LogP contribution in [0.25, 0.3) is 0 Å². The Hall–Kier alpha value is -0.830. The summed E-state index contributed by atoms with van der Waals surface area (Å²) in [4.78, 5) is 11.1. The topological polar surface area (TPSA) is 26.3 Å². The first kappa shape index (κ1) is 9.71. The second kappa shape index (κ2) is 3.73. The van der Waals surface area contributed by atoms with Gasteiger partial charge in [0, 0.05) is 5.56 Å². The van der Waals surface area contributed by atoms with Crippen molar-refractivity contribution in [3.8, 4) is 5.75 Å². The Bertz CT molecular complexity index is 370. The van der Waals surface area contributed by atoms with Gasteiger partial charge < -0.3 is 4.74 Å². The molecule has 74 valence electrons. The van der Waals surface area contributed by atoms with Crippen LogP contribution in [-0.2, 0) is 0 Å². The standard InChI is InChI=1S/C11H11BrO2/c1-7(13)8-2-5-11(10(12)6-8)14-9-3-4-9/h2,5-6,9H,3-4H2,1H3. The molecule has 1 aliphatic rings. The van der Waals surface area contributed by atoms with Crippen molar-refractivity contribution in [3.63, 3.8) is 0 Å². The summed E-state index contributed by atoms with van der Waals surface area (Å²) in [5, 5.41) is 0. The van der Waals surface area contributed by atoms with E-state index in [1.165, 1.54) is 0 Å². The molecule has 0 bridgehead atoms. The average molecular weight is 255 g/mol. The van der Waals surface area contributed by atoms with Crippen LogP contribution in [0.3, 0.4) is 0 Å². The van der Waals surface area contributed by atoms with E-state index in [4.69, 9.17) is 4.74 Å². The van der Waals surface area contributed by atoms with E-state index < -0.39 is 0 Å². The van der Waals surface area contributed by atoms with Gasteiger partial charge in [-0.25, -0.2) is 0 Å². The molecule has 1 saturated carbocycles. The van der Waals surface area contributed by atoms with Crippen LogP contribution < -0.4 is 4.74 Å². The molecular formula is C11H11BrO2. The van der Waals surface area contributed by atoms with Crippen molar-refractivity contribution in [2.75, 3.05) is 0 Å². The van der Waals surface area contributed by atoms with Gasteiger partial charge in [-0.1, -0.05) is 0 Å². The highest BCUT2D eigenvalue weighted by Gasteiger charge is 2.24. The van der Waals surface area contributed by atoms with E-state index in [-0.39, 0.29) is 5.78 Å². The molecule has 0 saturated heterocycles. The molecule has 0 aliphatic heterocycles. The minimum atomic E-state index is 0.0728. The Morgan fingerprint density at radius 3 is 2.71 bits per heavy atom. The normalized spacial score (nSPS) is 15.3. The van der Waals surface area contributed by atoms with E-state index in [2.05, 4.69) is 15.9 Å². The average Bonchev–Trinajstić information content (AvgIpc) is 2.92. The van der Waals surface area contributed by atoms with E-state index in [9.17, 15) is 4.79 Å². The fourth-order valence-electron chi connectivity index (χ4n) is 1.18. The molecule has 0 heterocycles.